The highest BCUT2D eigenvalue weighted by Crippen LogP contribution is 2.27. The van der Waals surface area contributed by atoms with Gasteiger partial charge in [-0.25, -0.2) is 4.98 Å². The number of rotatable bonds is 3. The molecule has 7 heteroatoms. The first kappa shape index (κ1) is 14.4. The van der Waals surface area contributed by atoms with Gasteiger partial charge in [0.05, 0.1) is 29.6 Å². The number of benzene rings is 1. The standard InChI is InChI=1S/C13H11Cl2N3O2/c1-20-11-3-2-7(4-9(11)14)18-13(19)8-5-12(15)17-6-10(8)16/h2-6H,16H2,1H3,(H,18,19). The van der Waals surface area contributed by atoms with Gasteiger partial charge in [-0.15, -0.1) is 0 Å². The molecule has 1 aromatic heterocycles. The van der Waals surface area contributed by atoms with Crippen molar-refractivity contribution in [2.75, 3.05) is 18.2 Å². The quantitative estimate of drug-likeness (QED) is 0.853. The molecule has 20 heavy (non-hydrogen) atoms. The van der Waals surface area contributed by atoms with Crippen molar-refractivity contribution in [2.45, 2.75) is 0 Å². The Morgan fingerprint density at radius 2 is 2.10 bits per heavy atom. The van der Waals surface area contributed by atoms with Gasteiger partial charge in [0.25, 0.3) is 5.91 Å². The molecule has 0 radical (unpaired) electrons. The molecule has 0 fully saturated rings. The lowest BCUT2D eigenvalue weighted by molar-refractivity contribution is 0.102. The average molecular weight is 312 g/mol. The molecule has 1 heterocycles. The van der Waals surface area contributed by atoms with E-state index in [1.54, 1.807) is 18.2 Å². The van der Waals surface area contributed by atoms with Crippen LogP contribution in [0.4, 0.5) is 11.4 Å². The van der Waals surface area contributed by atoms with Crippen molar-refractivity contribution in [3.63, 3.8) is 0 Å². The van der Waals surface area contributed by atoms with E-state index in [1.165, 1.54) is 19.4 Å². The third-order valence-corrected chi connectivity index (χ3v) is 3.06. The number of carbonyl (C=O) groups is 1. The molecule has 1 aromatic carbocycles. The van der Waals surface area contributed by atoms with E-state index in [4.69, 9.17) is 33.7 Å². The van der Waals surface area contributed by atoms with Crippen LogP contribution in [-0.4, -0.2) is 18.0 Å². The number of hydrogen-bond acceptors (Lipinski definition) is 4. The van der Waals surface area contributed by atoms with Crippen LogP contribution >= 0.6 is 23.2 Å². The number of nitrogens with two attached hydrogens (primary N) is 1. The Kier molecular flexibility index (Phi) is 4.32. The molecule has 0 spiro atoms. The minimum Gasteiger partial charge on any atom is -0.495 e. The van der Waals surface area contributed by atoms with Gasteiger partial charge in [-0.2, -0.15) is 0 Å². The number of halogens is 2. The highest BCUT2D eigenvalue weighted by Gasteiger charge is 2.12. The number of nitrogen functional groups attached to an aromatic ring is 1. The summed E-state index contributed by atoms with van der Waals surface area (Å²) in [6.45, 7) is 0. The Morgan fingerprint density at radius 3 is 2.75 bits per heavy atom. The monoisotopic (exact) mass is 311 g/mol. The Labute approximate surface area is 125 Å². The van der Waals surface area contributed by atoms with Crippen molar-refractivity contribution in [3.8, 4) is 5.75 Å². The van der Waals surface area contributed by atoms with Crippen LogP contribution in [0.5, 0.6) is 5.75 Å². The maximum atomic E-state index is 12.1. The topological polar surface area (TPSA) is 77.2 Å². The molecule has 2 rings (SSSR count). The lowest BCUT2D eigenvalue weighted by atomic mass is 10.2. The summed E-state index contributed by atoms with van der Waals surface area (Å²) in [6.07, 6.45) is 1.33. The second kappa shape index (κ2) is 5.98. The number of methoxy groups -OCH3 is 1. The molecule has 0 saturated heterocycles. The van der Waals surface area contributed by atoms with Crippen molar-refractivity contribution in [3.05, 3.63) is 46.2 Å². The first-order chi connectivity index (χ1) is 9.51. The van der Waals surface area contributed by atoms with Crippen molar-refractivity contribution < 1.29 is 9.53 Å². The highest BCUT2D eigenvalue weighted by molar-refractivity contribution is 6.32. The van der Waals surface area contributed by atoms with Crippen molar-refractivity contribution >= 4 is 40.5 Å². The molecule has 0 unspecified atom stereocenters. The average Bonchev–Trinajstić information content (AvgIpc) is 2.41. The normalized spacial score (nSPS) is 10.2. The van der Waals surface area contributed by atoms with E-state index < -0.39 is 5.91 Å². The van der Waals surface area contributed by atoms with Crippen LogP contribution in [0.1, 0.15) is 10.4 Å². The van der Waals surface area contributed by atoms with E-state index in [0.29, 0.717) is 16.5 Å². The number of nitrogens with one attached hydrogen (secondary N) is 1. The second-order valence-corrected chi connectivity index (χ2v) is 4.69. The molecule has 0 bridgehead atoms. The second-order valence-electron chi connectivity index (χ2n) is 3.90. The van der Waals surface area contributed by atoms with Gasteiger partial charge in [0.1, 0.15) is 10.9 Å². The first-order valence-corrected chi connectivity index (χ1v) is 6.32. The van der Waals surface area contributed by atoms with Gasteiger partial charge in [-0.1, -0.05) is 23.2 Å². The molecule has 1 amide bonds. The summed E-state index contributed by atoms with van der Waals surface area (Å²) in [5, 5.41) is 3.26. The fourth-order valence-electron chi connectivity index (χ4n) is 1.58. The Bertz CT molecular complexity index is 662. The molecule has 0 aliphatic carbocycles. The van der Waals surface area contributed by atoms with E-state index in [-0.39, 0.29) is 16.4 Å². The Hall–Kier alpha value is -1.98. The Morgan fingerprint density at radius 1 is 1.35 bits per heavy atom. The van der Waals surface area contributed by atoms with Crippen LogP contribution in [-0.2, 0) is 0 Å². The summed E-state index contributed by atoms with van der Waals surface area (Å²) in [5.41, 5.74) is 6.70. The molecule has 0 saturated carbocycles. The summed E-state index contributed by atoms with van der Waals surface area (Å²) in [4.78, 5) is 15.9. The summed E-state index contributed by atoms with van der Waals surface area (Å²) in [5.74, 6) is 0.129. The number of hydrogen-bond donors (Lipinski definition) is 2. The maximum Gasteiger partial charge on any atom is 0.257 e. The molecule has 5 nitrogen and oxygen atoms in total. The number of ether oxygens (including phenoxy) is 1. The predicted octanol–water partition coefficient (Wildman–Crippen LogP) is 3.23. The summed E-state index contributed by atoms with van der Waals surface area (Å²) in [7, 11) is 1.51. The molecule has 3 N–H and O–H groups in total. The summed E-state index contributed by atoms with van der Waals surface area (Å²) < 4.78 is 5.03. The smallest absolute Gasteiger partial charge is 0.257 e. The zero-order valence-electron chi connectivity index (χ0n) is 10.5. The van der Waals surface area contributed by atoms with Gasteiger partial charge in [0.15, 0.2) is 0 Å². The SMILES string of the molecule is COc1ccc(NC(=O)c2cc(Cl)ncc2N)cc1Cl. The van der Waals surface area contributed by atoms with Crippen LogP contribution in [0, 0.1) is 0 Å². The fourth-order valence-corrected chi connectivity index (χ4v) is 2.00. The molecule has 0 aliphatic heterocycles. The number of aromatic nitrogens is 1. The molecular weight excluding hydrogens is 301 g/mol. The van der Waals surface area contributed by atoms with Gasteiger partial charge in [0, 0.05) is 5.69 Å². The molecule has 2 aromatic rings. The van der Waals surface area contributed by atoms with E-state index in [0.717, 1.165) is 0 Å². The molecular formula is C13H11Cl2N3O2. The summed E-state index contributed by atoms with van der Waals surface area (Å²) in [6, 6.07) is 6.30. The van der Waals surface area contributed by atoms with Crippen LogP contribution in [0.3, 0.4) is 0 Å². The first-order valence-electron chi connectivity index (χ1n) is 5.57. The zero-order valence-corrected chi connectivity index (χ0v) is 12.0. The Balaban J connectivity index is 2.23. The van der Waals surface area contributed by atoms with Crippen LogP contribution in [0.15, 0.2) is 30.5 Å². The molecule has 104 valence electrons. The van der Waals surface area contributed by atoms with Gasteiger partial charge < -0.3 is 15.8 Å². The maximum absolute atomic E-state index is 12.1. The van der Waals surface area contributed by atoms with E-state index in [2.05, 4.69) is 10.3 Å². The molecule has 0 atom stereocenters. The van der Waals surface area contributed by atoms with E-state index in [1.807, 2.05) is 0 Å². The zero-order chi connectivity index (χ0) is 14.7. The number of pyridine rings is 1. The van der Waals surface area contributed by atoms with E-state index >= 15 is 0 Å². The predicted molar refractivity (Wildman–Crippen MR) is 79.6 cm³/mol. The van der Waals surface area contributed by atoms with Gasteiger partial charge in [-0.05, 0) is 24.3 Å². The van der Waals surface area contributed by atoms with Gasteiger partial charge in [0.2, 0.25) is 0 Å². The van der Waals surface area contributed by atoms with E-state index in [9.17, 15) is 4.79 Å². The minimum atomic E-state index is -0.395. The lowest BCUT2D eigenvalue weighted by Crippen LogP contribution is -2.14. The van der Waals surface area contributed by atoms with Crippen LogP contribution < -0.4 is 15.8 Å². The third kappa shape index (κ3) is 3.12. The van der Waals surface area contributed by atoms with Crippen LogP contribution in [0.25, 0.3) is 0 Å². The number of amides is 1. The number of carbonyl (C=O) groups excluding carboxylic acids is 1. The van der Waals surface area contributed by atoms with Crippen molar-refractivity contribution in [2.24, 2.45) is 0 Å². The summed E-state index contributed by atoms with van der Waals surface area (Å²) >= 11 is 11.7. The number of anilines is 2. The molecule has 0 aliphatic rings. The third-order valence-electron chi connectivity index (χ3n) is 2.56. The van der Waals surface area contributed by atoms with Gasteiger partial charge >= 0.3 is 0 Å². The highest BCUT2D eigenvalue weighted by atomic mass is 35.5. The lowest BCUT2D eigenvalue weighted by Gasteiger charge is -2.09. The number of nitrogens with zero attached hydrogens (tertiary/aromatic N) is 1. The minimum absolute atomic E-state index is 0.192. The fraction of sp³-hybridized carbons (Fsp3) is 0.0769. The largest absolute Gasteiger partial charge is 0.495 e. The van der Waals surface area contributed by atoms with Crippen molar-refractivity contribution in [1.29, 1.82) is 0 Å². The van der Waals surface area contributed by atoms with Crippen molar-refractivity contribution in [1.82, 2.24) is 4.98 Å². The van der Waals surface area contributed by atoms with Crippen LogP contribution in [0.2, 0.25) is 10.2 Å². The van der Waals surface area contributed by atoms with Gasteiger partial charge in [-0.3, -0.25) is 4.79 Å².